The Bertz CT molecular complexity index is 469. The van der Waals surface area contributed by atoms with E-state index in [4.69, 9.17) is 0 Å². The summed E-state index contributed by atoms with van der Waals surface area (Å²) in [5, 5.41) is 9.35. The molecule has 0 atom stereocenters. The molecule has 0 aliphatic rings. The summed E-state index contributed by atoms with van der Waals surface area (Å²) >= 11 is 0. The maximum Gasteiger partial charge on any atom is 0.251 e. The van der Waals surface area contributed by atoms with Gasteiger partial charge in [-0.15, -0.1) is 24.0 Å². The van der Waals surface area contributed by atoms with Gasteiger partial charge in [0.25, 0.3) is 5.91 Å². The Morgan fingerprint density at radius 3 is 2.32 bits per heavy atom. The van der Waals surface area contributed by atoms with Gasteiger partial charge in [-0.3, -0.25) is 9.79 Å². The van der Waals surface area contributed by atoms with E-state index < -0.39 is 0 Å². The number of halogens is 1. The zero-order valence-electron chi connectivity index (χ0n) is 13.8. The molecule has 1 amide bonds. The second kappa shape index (κ2) is 10.4. The van der Waals surface area contributed by atoms with E-state index in [9.17, 15) is 4.79 Å². The van der Waals surface area contributed by atoms with Crippen LogP contribution in [-0.4, -0.2) is 37.0 Å². The number of amides is 1. The minimum Gasteiger partial charge on any atom is -0.357 e. The molecule has 5 nitrogen and oxygen atoms in total. The summed E-state index contributed by atoms with van der Waals surface area (Å²) < 4.78 is 0. The minimum atomic E-state index is -0.0698. The Morgan fingerprint density at radius 2 is 1.77 bits per heavy atom. The van der Waals surface area contributed by atoms with Crippen molar-refractivity contribution in [1.82, 2.24) is 16.0 Å². The summed E-state index contributed by atoms with van der Waals surface area (Å²) in [5.41, 5.74) is 0.620. The molecule has 1 aromatic carbocycles. The van der Waals surface area contributed by atoms with Crippen molar-refractivity contribution in [2.24, 2.45) is 4.99 Å². The Hall–Kier alpha value is -1.31. The van der Waals surface area contributed by atoms with Crippen molar-refractivity contribution in [1.29, 1.82) is 0 Å². The van der Waals surface area contributed by atoms with Crippen LogP contribution in [0, 0.1) is 0 Å². The molecule has 0 aromatic heterocycles. The maximum atomic E-state index is 11.9. The highest BCUT2D eigenvalue weighted by atomic mass is 127. The van der Waals surface area contributed by atoms with Gasteiger partial charge in [-0.2, -0.15) is 0 Å². The van der Waals surface area contributed by atoms with Crippen LogP contribution in [0.3, 0.4) is 0 Å². The number of nitrogens with one attached hydrogen (secondary N) is 3. The van der Waals surface area contributed by atoms with Crippen LogP contribution in [0.5, 0.6) is 0 Å². The zero-order chi connectivity index (χ0) is 15.7. The van der Waals surface area contributed by atoms with Crippen LogP contribution in [0.1, 0.15) is 38.1 Å². The Labute approximate surface area is 150 Å². The molecule has 0 saturated heterocycles. The third-order valence-electron chi connectivity index (χ3n) is 2.54. The molecule has 124 valence electrons. The van der Waals surface area contributed by atoms with Crippen LogP contribution in [0.2, 0.25) is 0 Å². The standard InChI is InChI=1S/C16H26N4O.HI/c1-5-17-15(20-16(2,3)4)19-12-11-18-14(21)13-9-7-6-8-10-13;/h6-10H,5,11-12H2,1-4H3,(H,18,21)(H2,17,19,20);1H. The summed E-state index contributed by atoms with van der Waals surface area (Å²) in [7, 11) is 0. The van der Waals surface area contributed by atoms with Crippen molar-refractivity contribution in [2.75, 3.05) is 19.6 Å². The van der Waals surface area contributed by atoms with E-state index in [1.807, 2.05) is 25.1 Å². The molecule has 0 unspecified atom stereocenters. The van der Waals surface area contributed by atoms with Crippen molar-refractivity contribution < 1.29 is 4.79 Å². The first-order chi connectivity index (χ1) is 9.92. The van der Waals surface area contributed by atoms with E-state index in [0.717, 1.165) is 12.5 Å². The number of hydrogen-bond donors (Lipinski definition) is 3. The van der Waals surface area contributed by atoms with Gasteiger partial charge >= 0.3 is 0 Å². The lowest BCUT2D eigenvalue weighted by Crippen LogP contribution is -2.47. The molecule has 0 spiro atoms. The fraction of sp³-hybridized carbons (Fsp3) is 0.500. The number of aliphatic imine (C=N–C) groups is 1. The minimum absolute atomic E-state index is 0. The molecule has 1 rings (SSSR count). The van der Waals surface area contributed by atoms with Crippen molar-refractivity contribution >= 4 is 35.8 Å². The first-order valence-electron chi connectivity index (χ1n) is 7.32. The van der Waals surface area contributed by atoms with E-state index in [1.165, 1.54) is 0 Å². The number of hydrogen-bond acceptors (Lipinski definition) is 2. The summed E-state index contributed by atoms with van der Waals surface area (Å²) in [5.74, 6) is 0.693. The molecule has 0 aliphatic carbocycles. The van der Waals surface area contributed by atoms with Gasteiger partial charge in [-0.25, -0.2) is 0 Å². The van der Waals surface area contributed by atoms with E-state index in [-0.39, 0.29) is 35.4 Å². The van der Waals surface area contributed by atoms with Gasteiger partial charge in [-0.05, 0) is 39.8 Å². The lowest BCUT2D eigenvalue weighted by atomic mass is 10.1. The first-order valence-corrected chi connectivity index (χ1v) is 7.32. The molecule has 0 saturated carbocycles. The second-order valence-electron chi connectivity index (χ2n) is 5.76. The predicted molar refractivity (Wildman–Crippen MR) is 103 cm³/mol. The zero-order valence-corrected chi connectivity index (χ0v) is 16.1. The topological polar surface area (TPSA) is 65.5 Å². The maximum absolute atomic E-state index is 11.9. The fourth-order valence-electron chi connectivity index (χ4n) is 1.69. The third kappa shape index (κ3) is 8.86. The molecule has 0 aliphatic heterocycles. The van der Waals surface area contributed by atoms with Gasteiger partial charge in [0.05, 0.1) is 6.54 Å². The van der Waals surface area contributed by atoms with E-state index in [1.54, 1.807) is 12.1 Å². The largest absolute Gasteiger partial charge is 0.357 e. The Kier molecular flexibility index (Phi) is 9.80. The Balaban J connectivity index is 0.00000441. The van der Waals surface area contributed by atoms with E-state index >= 15 is 0 Å². The van der Waals surface area contributed by atoms with Crippen LogP contribution in [0.25, 0.3) is 0 Å². The molecule has 1 aromatic rings. The second-order valence-corrected chi connectivity index (χ2v) is 5.76. The molecule has 0 heterocycles. The molecule has 0 radical (unpaired) electrons. The molecule has 0 fully saturated rings. The monoisotopic (exact) mass is 418 g/mol. The van der Waals surface area contributed by atoms with E-state index in [2.05, 4.69) is 41.7 Å². The van der Waals surface area contributed by atoms with Gasteiger partial charge in [0.15, 0.2) is 5.96 Å². The number of benzene rings is 1. The predicted octanol–water partition coefficient (Wildman–Crippen LogP) is 2.39. The highest BCUT2D eigenvalue weighted by Crippen LogP contribution is 1.98. The third-order valence-corrected chi connectivity index (χ3v) is 2.54. The summed E-state index contributed by atoms with van der Waals surface area (Å²) in [4.78, 5) is 16.3. The quantitative estimate of drug-likeness (QED) is 0.298. The molecule has 0 bridgehead atoms. The lowest BCUT2D eigenvalue weighted by molar-refractivity contribution is 0.0955. The normalized spacial score (nSPS) is 11.4. The number of nitrogens with zero attached hydrogens (tertiary/aromatic N) is 1. The summed E-state index contributed by atoms with van der Waals surface area (Å²) in [6.07, 6.45) is 0. The van der Waals surface area contributed by atoms with Gasteiger partial charge in [-0.1, -0.05) is 18.2 Å². The number of rotatable bonds is 5. The smallest absolute Gasteiger partial charge is 0.251 e. The molecular weight excluding hydrogens is 391 g/mol. The number of guanidine groups is 1. The number of carbonyl (C=O) groups is 1. The van der Waals surface area contributed by atoms with Crippen LogP contribution < -0.4 is 16.0 Å². The van der Waals surface area contributed by atoms with E-state index in [0.29, 0.717) is 18.7 Å². The first kappa shape index (κ1) is 20.7. The van der Waals surface area contributed by atoms with Crippen LogP contribution in [0.15, 0.2) is 35.3 Å². The highest BCUT2D eigenvalue weighted by molar-refractivity contribution is 14.0. The van der Waals surface area contributed by atoms with Gasteiger partial charge in [0.1, 0.15) is 0 Å². The average molecular weight is 418 g/mol. The fourth-order valence-corrected chi connectivity index (χ4v) is 1.69. The highest BCUT2D eigenvalue weighted by Gasteiger charge is 2.11. The van der Waals surface area contributed by atoms with Crippen molar-refractivity contribution in [3.63, 3.8) is 0 Å². The van der Waals surface area contributed by atoms with Gasteiger partial charge < -0.3 is 16.0 Å². The van der Waals surface area contributed by atoms with Crippen LogP contribution in [-0.2, 0) is 0 Å². The molecule has 22 heavy (non-hydrogen) atoms. The van der Waals surface area contributed by atoms with Crippen molar-refractivity contribution in [3.8, 4) is 0 Å². The average Bonchev–Trinajstić information content (AvgIpc) is 2.43. The van der Waals surface area contributed by atoms with Crippen molar-refractivity contribution in [3.05, 3.63) is 35.9 Å². The van der Waals surface area contributed by atoms with Gasteiger partial charge in [0, 0.05) is 24.2 Å². The molecular formula is C16H27IN4O. The molecule has 3 N–H and O–H groups in total. The lowest BCUT2D eigenvalue weighted by Gasteiger charge is -2.23. The van der Waals surface area contributed by atoms with Crippen molar-refractivity contribution in [2.45, 2.75) is 33.2 Å². The Morgan fingerprint density at radius 1 is 1.14 bits per heavy atom. The summed E-state index contributed by atoms with van der Waals surface area (Å²) in [6.45, 7) is 10.1. The summed E-state index contributed by atoms with van der Waals surface area (Å²) in [6, 6.07) is 9.18. The molecule has 6 heteroatoms. The number of carbonyl (C=O) groups excluding carboxylic acids is 1. The van der Waals surface area contributed by atoms with Crippen LogP contribution >= 0.6 is 24.0 Å². The van der Waals surface area contributed by atoms with Crippen LogP contribution in [0.4, 0.5) is 0 Å². The SMILES string of the molecule is CCNC(=NCCNC(=O)c1ccccc1)NC(C)(C)C.I. The van der Waals surface area contributed by atoms with Gasteiger partial charge in [0.2, 0.25) is 0 Å².